The number of nitrogens with one attached hydrogen (secondary N) is 3. The third kappa shape index (κ3) is 8.95. The highest BCUT2D eigenvalue weighted by atomic mass is 19.1. The standard InChI is InChI=1S/C28H35FN6O5/c1-21-4-2-3-5-23(21)26(33-32-20-37)17-22-6-7-25(29)24(16-22)28(39)35-12-10-34(11-13-35)27(38)18-30-8-14-40-15-9-31-19-36/h2-7,16,19-20,30H,8-15,17-18H2,1H3,(H,31,36)(H,32,37)/b33-26-. The average Bonchev–Trinajstić information content (AvgIpc) is 2.97. The normalized spacial score (nSPS) is 13.6. The third-order valence-electron chi connectivity index (χ3n) is 6.43. The quantitative estimate of drug-likeness (QED) is 0.127. The molecule has 3 N–H and O–H groups in total. The Bertz CT molecular complexity index is 1200. The zero-order valence-corrected chi connectivity index (χ0v) is 22.5. The summed E-state index contributed by atoms with van der Waals surface area (Å²) in [5.74, 6) is -1.15. The van der Waals surface area contributed by atoms with E-state index in [0.717, 1.165) is 11.1 Å². The lowest BCUT2D eigenvalue weighted by atomic mass is 9.97. The van der Waals surface area contributed by atoms with Gasteiger partial charge in [0.2, 0.25) is 18.7 Å². The molecule has 2 aromatic rings. The molecule has 11 nitrogen and oxygen atoms in total. The van der Waals surface area contributed by atoms with Crippen LogP contribution in [0.2, 0.25) is 0 Å². The number of piperazine rings is 1. The fourth-order valence-corrected chi connectivity index (χ4v) is 4.31. The van der Waals surface area contributed by atoms with E-state index in [9.17, 15) is 23.6 Å². The molecule has 40 heavy (non-hydrogen) atoms. The van der Waals surface area contributed by atoms with Crippen LogP contribution < -0.4 is 16.1 Å². The van der Waals surface area contributed by atoms with E-state index in [4.69, 9.17) is 4.74 Å². The summed E-state index contributed by atoms with van der Waals surface area (Å²) < 4.78 is 20.1. The Balaban J connectivity index is 1.54. The Hall–Kier alpha value is -4.16. The van der Waals surface area contributed by atoms with Gasteiger partial charge < -0.3 is 25.2 Å². The van der Waals surface area contributed by atoms with Crippen LogP contribution in [0.15, 0.2) is 47.6 Å². The smallest absolute Gasteiger partial charge is 0.256 e. The van der Waals surface area contributed by atoms with Gasteiger partial charge in [-0.15, -0.1) is 0 Å². The second-order valence-electron chi connectivity index (χ2n) is 9.15. The molecule has 1 aliphatic rings. The molecule has 214 valence electrons. The van der Waals surface area contributed by atoms with Crippen molar-refractivity contribution in [1.29, 1.82) is 0 Å². The summed E-state index contributed by atoms with van der Waals surface area (Å²) in [6.45, 7) is 5.08. The number of ether oxygens (including phenoxy) is 1. The molecule has 0 spiro atoms. The summed E-state index contributed by atoms with van der Waals surface area (Å²) in [5.41, 5.74) is 5.34. The van der Waals surface area contributed by atoms with Gasteiger partial charge >= 0.3 is 0 Å². The Morgan fingerprint density at radius 3 is 2.42 bits per heavy atom. The first-order valence-electron chi connectivity index (χ1n) is 13.1. The Labute approximate surface area is 232 Å². The van der Waals surface area contributed by atoms with Crippen molar-refractivity contribution in [3.63, 3.8) is 0 Å². The van der Waals surface area contributed by atoms with Crippen LogP contribution in [0.1, 0.15) is 27.0 Å². The fourth-order valence-electron chi connectivity index (χ4n) is 4.31. The van der Waals surface area contributed by atoms with Crippen molar-refractivity contribution < 1.29 is 28.3 Å². The van der Waals surface area contributed by atoms with E-state index in [0.29, 0.717) is 76.6 Å². The van der Waals surface area contributed by atoms with Crippen LogP contribution in [0.4, 0.5) is 4.39 Å². The van der Waals surface area contributed by atoms with Crippen molar-refractivity contribution in [2.24, 2.45) is 5.10 Å². The molecule has 0 aromatic heterocycles. The van der Waals surface area contributed by atoms with Gasteiger partial charge in [-0.1, -0.05) is 30.3 Å². The maximum atomic E-state index is 14.8. The van der Waals surface area contributed by atoms with Gasteiger partial charge in [-0.2, -0.15) is 5.10 Å². The summed E-state index contributed by atoms with van der Waals surface area (Å²) in [4.78, 5) is 50.0. The zero-order valence-electron chi connectivity index (χ0n) is 22.5. The lowest BCUT2D eigenvalue weighted by molar-refractivity contribution is -0.131. The Kier molecular flexibility index (Phi) is 12.2. The number of hydrazone groups is 1. The number of nitrogens with zero attached hydrogens (tertiary/aromatic N) is 3. The maximum absolute atomic E-state index is 14.8. The number of carbonyl (C=O) groups excluding carboxylic acids is 4. The van der Waals surface area contributed by atoms with Gasteiger partial charge in [-0.25, -0.2) is 9.82 Å². The van der Waals surface area contributed by atoms with Gasteiger partial charge in [0.15, 0.2) is 0 Å². The van der Waals surface area contributed by atoms with E-state index in [2.05, 4.69) is 21.2 Å². The fraction of sp³-hybridized carbons (Fsp3) is 0.393. The number of aryl methyl sites for hydroxylation is 1. The molecule has 0 saturated carbocycles. The van der Waals surface area contributed by atoms with Crippen LogP contribution in [-0.4, -0.2) is 99.2 Å². The number of benzene rings is 2. The highest BCUT2D eigenvalue weighted by molar-refractivity contribution is 6.03. The summed E-state index contributed by atoms with van der Waals surface area (Å²) in [7, 11) is 0. The topological polar surface area (TPSA) is 132 Å². The van der Waals surface area contributed by atoms with Gasteiger partial charge in [0.1, 0.15) is 5.82 Å². The molecule has 1 fully saturated rings. The highest BCUT2D eigenvalue weighted by Gasteiger charge is 2.26. The summed E-state index contributed by atoms with van der Waals surface area (Å²) in [6.07, 6.45) is 1.36. The SMILES string of the molecule is Cc1ccccc1/C(Cc1ccc(F)c(C(=O)N2CCN(C(=O)CNCCOCCNC=O)CC2)c1)=N\NC=O. The number of halogens is 1. The molecular formula is C28H35FN6O5. The monoisotopic (exact) mass is 554 g/mol. The first-order valence-corrected chi connectivity index (χ1v) is 13.1. The highest BCUT2D eigenvalue weighted by Crippen LogP contribution is 2.18. The predicted octanol–water partition coefficient (Wildman–Crippen LogP) is 0.464. The van der Waals surface area contributed by atoms with Crippen molar-refractivity contribution in [2.75, 3.05) is 59.0 Å². The van der Waals surface area contributed by atoms with Crippen molar-refractivity contribution in [2.45, 2.75) is 13.3 Å². The minimum atomic E-state index is -0.624. The molecule has 2 aromatic carbocycles. The van der Waals surface area contributed by atoms with Crippen molar-refractivity contribution in [1.82, 2.24) is 25.9 Å². The minimum Gasteiger partial charge on any atom is -0.378 e. The number of rotatable bonds is 15. The van der Waals surface area contributed by atoms with E-state index >= 15 is 0 Å². The van der Waals surface area contributed by atoms with E-state index in [1.165, 1.54) is 12.1 Å². The van der Waals surface area contributed by atoms with E-state index in [-0.39, 0.29) is 24.4 Å². The molecule has 1 heterocycles. The van der Waals surface area contributed by atoms with E-state index in [1.54, 1.807) is 15.9 Å². The number of hydrogen-bond acceptors (Lipinski definition) is 7. The van der Waals surface area contributed by atoms with Gasteiger partial charge in [-0.3, -0.25) is 19.2 Å². The van der Waals surface area contributed by atoms with Crippen molar-refractivity contribution in [3.8, 4) is 0 Å². The predicted molar refractivity (Wildman–Crippen MR) is 147 cm³/mol. The Morgan fingerprint density at radius 1 is 0.975 bits per heavy atom. The number of carbonyl (C=O) groups is 4. The van der Waals surface area contributed by atoms with Crippen LogP contribution >= 0.6 is 0 Å². The lowest BCUT2D eigenvalue weighted by Crippen LogP contribution is -2.52. The van der Waals surface area contributed by atoms with Crippen LogP contribution in [0.25, 0.3) is 0 Å². The summed E-state index contributed by atoms with van der Waals surface area (Å²) >= 11 is 0. The van der Waals surface area contributed by atoms with Crippen LogP contribution in [0.5, 0.6) is 0 Å². The van der Waals surface area contributed by atoms with E-state index in [1.807, 2.05) is 31.2 Å². The van der Waals surface area contributed by atoms with Crippen LogP contribution in [0.3, 0.4) is 0 Å². The second kappa shape index (κ2) is 16.1. The zero-order chi connectivity index (χ0) is 28.7. The second-order valence-corrected chi connectivity index (χ2v) is 9.15. The molecule has 0 radical (unpaired) electrons. The van der Waals surface area contributed by atoms with Crippen molar-refractivity contribution >= 4 is 30.3 Å². The molecule has 12 heteroatoms. The first-order chi connectivity index (χ1) is 19.4. The molecule has 3 rings (SSSR count). The summed E-state index contributed by atoms with van der Waals surface area (Å²) in [6, 6.07) is 12.0. The maximum Gasteiger partial charge on any atom is 0.256 e. The average molecular weight is 555 g/mol. The number of hydrogen-bond donors (Lipinski definition) is 3. The van der Waals surface area contributed by atoms with Gasteiger partial charge in [0.25, 0.3) is 5.91 Å². The largest absolute Gasteiger partial charge is 0.378 e. The Morgan fingerprint density at radius 2 is 1.70 bits per heavy atom. The minimum absolute atomic E-state index is 0.0465. The third-order valence-corrected chi connectivity index (χ3v) is 6.43. The molecular weight excluding hydrogens is 519 g/mol. The van der Waals surface area contributed by atoms with Gasteiger partial charge in [0, 0.05) is 51.3 Å². The molecule has 1 aliphatic heterocycles. The van der Waals surface area contributed by atoms with Crippen LogP contribution in [0, 0.1) is 12.7 Å². The first kappa shape index (κ1) is 30.4. The number of amides is 4. The van der Waals surface area contributed by atoms with Crippen LogP contribution in [-0.2, 0) is 25.5 Å². The van der Waals surface area contributed by atoms with Gasteiger partial charge in [0.05, 0.1) is 31.0 Å². The molecule has 0 unspecified atom stereocenters. The molecule has 4 amide bonds. The van der Waals surface area contributed by atoms with Gasteiger partial charge in [-0.05, 0) is 30.2 Å². The molecule has 1 saturated heterocycles. The molecule has 0 atom stereocenters. The molecule has 0 bridgehead atoms. The summed E-state index contributed by atoms with van der Waals surface area (Å²) in [5, 5.41) is 9.69. The molecule has 0 aliphatic carbocycles. The lowest BCUT2D eigenvalue weighted by Gasteiger charge is -2.35. The van der Waals surface area contributed by atoms with Crippen molar-refractivity contribution in [3.05, 3.63) is 70.5 Å². The van der Waals surface area contributed by atoms with E-state index < -0.39 is 11.7 Å².